The molecule has 23 heavy (non-hydrogen) atoms. The molecule has 0 fully saturated rings. The van der Waals surface area contributed by atoms with E-state index in [0.717, 1.165) is 22.6 Å². The average molecular weight is 316 g/mol. The maximum Gasteiger partial charge on any atom is 0.270 e. The molecule has 0 saturated carbocycles. The first kappa shape index (κ1) is 16.5. The number of oxime groups is 1. The Morgan fingerprint density at radius 3 is 2.57 bits per heavy atom. The van der Waals surface area contributed by atoms with Crippen molar-refractivity contribution >= 4 is 11.6 Å². The van der Waals surface area contributed by atoms with Gasteiger partial charge in [-0.15, -0.1) is 0 Å². The van der Waals surface area contributed by atoms with Crippen molar-refractivity contribution in [1.82, 2.24) is 15.1 Å². The molecule has 122 valence electrons. The van der Waals surface area contributed by atoms with Crippen LogP contribution in [0.25, 0.3) is 11.3 Å². The summed E-state index contributed by atoms with van der Waals surface area (Å²) in [6.07, 6.45) is 1.87. The van der Waals surface area contributed by atoms with Crippen LogP contribution in [0.1, 0.15) is 5.56 Å². The number of nitrogens with one attached hydrogen (secondary N) is 1. The molecule has 1 N–H and O–H groups in total. The molecular formula is C16H20N4O3. The first-order valence-electron chi connectivity index (χ1n) is 7.09. The topological polar surface area (TPSA) is 77.7 Å². The number of nitrogens with zero attached hydrogens (tertiary/aromatic N) is 3. The molecule has 0 unspecified atom stereocenters. The Kier molecular flexibility index (Phi) is 5.35. The van der Waals surface area contributed by atoms with Crippen LogP contribution in [0.2, 0.25) is 0 Å². The van der Waals surface area contributed by atoms with E-state index in [-0.39, 0.29) is 18.2 Å². The highest BCUT2D eigenvalue weighted by Gasteiger charge is 2.14. The fraction of sp³-hybridized carbons (Fsp3) is 0.312. The third-order valence-electron chi connectivity index (χ3n) is 3.31. The van der Waals surface area contributed by atoms with Gasteiger partial charge in [-0.2, -0.15) is 5.10 Å². The van der Waals surface area contributed by atoms with Crippen LogP contribution in [0.3, 0.4) is 0 Å². The molecule has 7 nitrogen and oxygen atoms in total. The van der Waals surface area contributed by atoms with E-state index in [0.29, 0.717) is 0 Å². The normalized spacial score (nSPS) is 11.2. The number of carbonyl (C=O) groups is 1. The van der Waals surface area contributed by atoms with Crippen LogP contribution >= 0.6 is 0 Å². The Morgan fingerprint density at radius 2 is 2.00 bits per heavy atom. The van der Waals surface area contributed by atoms with E-state index in [2.05, 4.69) is 15.6 Å². The minimum Gasteiger partial charge on any atom is -0.497 e. The van der Waals surface area contributed by atoms with Gasteiger partial charge in [0, 0.05) is 18.8 Å². The van der Waals surface area contributed by atoms with Gasteiger partial charge in [-0.05, 0) is 36.8 Å². The maximum atomic E-state index is 11.8. The van der Waals surface area contributed by atoms with E-state index in [4.69, 9.17) is 9.57 Å². The van der Waals surface area contributed by atoms with Crippen molar-refractivity contribution in [3.05, 3.63) is 36.0 Å². The van der Waals surface area contributed by atoms with E-state index < -0.39 is 0 Å². The van der Waals surface area contributed by atoms with Gasteiger partial charge >= 0.3 is 0 Å². The summed E-state index contributed by atoms with van der Waals surface area (Å²) in [7, 11) is 4.58. The molecule has 2 rings (SSSR count). The van der Waals surface area contributed by atoms with Crippen LogP contribution in [0.15, 0.2) is 35.6 Å². The predicted octanol–water partition coefficient (Wildman–Crippen LogP) is 1.62. The number of methoxy groups -OCH3 is 1. The fourth-order valence-corrected chi connectivity index (χ4v) is 2.19. The van der Waals surface area contributed by atoms with Gasteiger partial charge in [-0.25, -0.2) is 0 Å². The minimum atomic E-state index is -0.300. The van der Waals surface area contributed by atoms with Crippen molar-refractivity contribution in [3.8, 4) is 17.0 Å². The molecule has 2 aromatic rings. The van der Waals surface area contributed by atoms with E-state index in [1.807, 2.05) is 37.4 Å². The van der Waals surface area contributed by atoms with Crippen LogP contribution in [0.4, 0.5) is 0 Å². The molecule has 1 aromatic heterocycles. The van der Waals surface area contributed by atoms with Gasteiger partial charge in [0.1, 0.15) is 12.9 Å². The molecule has 0 saturated heterocycles. The van der Waals surface area contributed by atoms with Gasteiger partial charge in [-0.3, -0.25) is 9.48 Å². The summed E-state index contributed by atoms with van der Waals surface area (Å²) in [5, 5.41) is 10.8. The van der Waals surface area contributed by atoms with Crippen molar-refractivity contribution in [1.29, 1.82) is 0 Å². The molecule has 0 aliphatic rings. The number of aryl methyl sites for hydroxylation is 1. The zero-order valence-corrected chi connectivity index (χ0v) is 13.7. The molecule has 0 aliphatic carbocycles. The minimum absolute atomic E-state index is 0.227. The quantitative estimate of drug-likeness (QED) is 0.649. The Hall–Kier alpha value is -2.83. The Bertz CT molecular complexity index is 705. The number of hydrogen-bond acceptors (Lipinski definition) is 5. The molecule has 0 aliphatic heterocycles. The summed E-state index contributed by atoms with van der Waals surface area (Å²) in [5.74, 6) is 0.492. The van der Waals surface area contributed by atoms with Crippen molar-refractivity contribution in [2.75, 3.05) is 21.3 Å². The molecular weight excluding hydrogens is 296 g/mol. The lowest BCUT2D eigenvalue weighted by atomic mass is 10.1. The van der Waals surface area contributed by atoms with Gasteiger partial charge < -0.3 is 14.9 Å². The molecule has 0 spiro atoms. The van der Waals surface area contributed by atoms with Crippen LogP contribution in [-0.4, -0.2) is 42.7 Å². The van der Waals surface area contributed by atoms with Crippen LogP contribution in [-0.2, 0) is 16.2 Å². The zero-order valence-electron chi connectivity index (χ0n) is 13.7. The number of carbonyl (C=O) groups excluding carboxylic acids is 1. The summed E-state index contributed by atoms with van der Waals surface area (Å²) in [6, 6.07) is 7.66. The van der Waals surface area contributed by atoms with E-state index in [9.17, 15) is 4.79 Å². The highest BCUT2D eigenvalue weighted by atomic mass is 16.6. The summed E-state index contributed by atoms with van der Waals surface area (Å²) < 4.78 is 6.83. The molecule has 1 heterocycles. The highest BCUT2D eigenvalue weighted by molar-refractivity contribution is 6.38. The highest BCUT2D eigenvalue weighted by Crippen LogP contribution is 2.23. The van der Waals surface area contributed by atoms with Gasteiger partial charge in [-0.1, -0.05) is 5.16 Å². The molecule has 0 atom stereocenters. The summed E-state index contributed by atoms with van der Waals surface area (Å²) in [5.41, 5.74) is 3.08. The average Bonchev–Trinajstić information content (AvgIpc) is 2.94. The summed E-state index contributed by atoms with van der Waals surface area (Å²) in [6.45, 7) is 2.20. The smallest absolute Gasteiger partial charge is 0.270 e. The standard InChI is InChI=1S/C16H20N4O3/c1-11-9-20(10-14(19-23-4)16(21)17-2)18-15(11)12-5-7-13(22-3)8-6-12/h5-9H,10H2,1-4H3,(H,17,21). The van der Waals surface area contributed by atoms with Crippen LogP contribution in [0.5, 0.6) is 5.75 Å². The largest absolute Gasteiger partial charge is 0.497 e. The Morgan fingerprint density at radius 1 is 1.30 bits per heavy atom. The Labute approximate surface area is 134 Å². The second kappa shape index (κ2) is 7.44. The first-order valence-corrected chi connectivity index (χ1v) is 7.09. The third-order valence-corrected chi connectivity index (χ3v) is 3.31. The zero-order chi connectivity index (χ0) is 16.8. The lowest BCUT2D eigenvalue weighted by Crippen LogP contribution is -2.31. The van der Waals surface area contributed by atoms with E-state index >= 15 is 0 Å². The predicted molar refractivity (Wildman–Crippen MR) is 87.5 cm³/mol. The molecule has 0 bridgehead atoms. The maximum absolute atomic E-state index is 11.8. The number of aromatic nitrogens is 2. The van der Waals surface area contributed by atoms with Crippen LogP contribution < -0.4 is 10.1 Å². The van der Waals surface area contributed by atoms with Gasteiger partial charge in [0.05, 0.1) is 19.3 Å². The lowest BCUT2D eigenvalue weighted by molar-refractivity contribution is -0.114. The van der Waals surface area contributed by atoms with Crippen LogP contribution in [0, 0.1) is 6.92 Å². The second-order valence-corrected chi connectivity index (χ2v) is 4.89. The molecule has 1 aromatic carbocycles. The van der Waals surface area contributed by atoms with Gasteiger partial charge in [0.2, 0.25) is 0 Å². The van der Waals surface area contributed by atoms with Crippen molar-refractivity contribution in [2.24, 2.45) is 5.16 Å². The fourth-order valence-electron chi connectivity index (χ4n) is 2.19. The lowest BCUT2D eigenvalue weighted by Gasteiger charge is -2.04. The van der Waals surface area contributed by atoms with E-state index in [1.165, 1.54) is 7.11 Å². The number of ether oxygens (including phenoxy) is 1. The summed E-state index contributed by atoms with van der Waals surface area (Å²) in [4.78, 5) is 16.5. The van der Waals surface area contributed by atoms with Gasteiger partial charge in [0.15, 0.2) is 5.71 Å². The SMILES string of the molecule is CNC(=O)C(Cn1cc(C)c(-c2ccc(OC)cc2)n1)=NOC. The van der Waals surface area contributed by atoms with Crippen molar-refractivity contribution in [3.63, 3.8) is 0 Å². The van der Waals surface area contributed by atoms with Crippen molar-refractivity contribution < 1.29 is 14.4 Å². The second-order valence-electron chi connectivity index (χ2n) is 4.89. The third kappa shape index (κ3) is 3.88. The summed E-state index contributed by atoms with van der Waals surface area (Å²) >= 11 is 0. The number of benzene rings is 1. The number of amides is 1. The monoisotopic (exact) mass is 316 g/mol. The van der Waals surface area contributed by atoms with Crippen molar-refractivity contribution in [2.45, 2.75) is 13.5 Å². The van der Waals surface area contributed by atoms with E-state index in [1.54, 1.807) is 18.8 Å². The number of rotatable bonds is 6. The van der Waals surface area contributed by atoms with Gasteiger partial charge in [0.25, 0.3) is 5.91 Å². The molecule has 0 radical (unpaired) electrons. The first-order chi connectivity index (χ1) is 11.1. The molecule has 1 amide bonds. The Balaban J connectivity index is 2.26. The molecule has 7 heteroatoms. The number of hydrogen-bond donors (Lipinski definition) is 1.